The van der Waals surface area contributed by atoms with Gasteiger partial charge in [0.1, 0.15) is 0 Å². The monoisotopic (exact) mass is 315 g/mol. The summed E-state index contributed by atoms with van der Waals surface area (Å²) in [7, 11) is 0. The van der Waals surface area contributed by atoms with Crippen LogP contribution in [0.1, 0.15) is 39.5 Å². The highest BCUT2D eigenvalue weighted by atomic mass is 79.9. The largest absolute Gasteiger partial charge is 0.382 e. The van der Waals surface area contributed by atoms with Crippen molar-refractivity contribution in [2.24, 2.45) is 5.41 Å². The fourth-order valence-corrected chi connectivity index (χ4v) is 3.14. The molecule has 0 saturated heterocycles. The van der Waals surface area contributed by atoms with Crippen LogP contribution in [-0.4, -0.2) is 6.04 Å². The van der Waals surface area contributed by atoms with E-state index in [9.17, 15) is 0 Å². The molecule has 0 amide bonds. The Balaban J connectivity index is 2.03. The molecule has 1 saturated carbocycles. The van der Waals surface area contributed by atoms with Crippen LogP contribution in [0.2, 0.25) is 5.02 Å². The van der Waals surface area contributed by atoms with E-state index in [4.69, 9.17) is 11.6 Å². The van der Waals surface area contributed by atoms with E-state index in [0.29, 0.717) is 11.5 Å². The van der Waals surface area contributed by atoms with E-state index in [2.05, 4.69) is 47.2 Å². The molecule has 2 rings (SSSR count). The van der Waals surface area contributed by atoms with E-state index < -0.39 is 0 Å². The number of hydrogen-bond donors (Lipinski definition) is 1. The molecular weight excluding hydrogens is 298 g/mol. The molecular formula is C14H19BrClN. The van der Waals surface area contributed by atoms with Crippen molar-refractivity contribution < 1.29 is 0 Å². The van der Waals surface area contributed by atoms with Crippen molar-refractivity contribution >= 4 is 33.2 Å². The number of benzene rings is 1. The molecule has 17 heavy (non-hydrogen) atoms. The van der Waals surface area contributed by atoms with Gasteiger partial charge in [0.25, 0.3) is 0 Å². The minimum atomic E-state index is 0.472. The summed E-state index contributed by atoms with van der Waals surface area (Å²) in [6.45, 7) is 4.72. The third-order valence-corrected chi connectivity index (χ3v) is 4.71. The number of anilines is 1. The van der Waals surface area contributed by atoms with Crippen molar-refractivity contribution in [3.05, 3.63) is 27.7 Å². The van der Waals surface area contributed by atoms with Crippen LogP contribution in [0.4, 0.5) is 5.69 Å². The van der Waals surface area contributed by atoms with Crippen molar-refractivity contribution in [1.29, 1.82) is 0 Å². The summed E-state index contributed by atoms with van der Waals surface area (Å²) < 4.78 is 0.958. The third-order valence-electron chi connectivity index (χ3n) is 3.50. The second-order valence-corrected chi connectivity index (χ2v) is 6.99. The quantitative estimate of drug-likeness (QED) is 0.761. The van der Waals surface area contributed by atoms with Gasteiger partial charge >= 0.3 is 0 Å². The molecule has 1 aromatic rings. The maximum atomic E-state index is 5.99. The lowest BCUT2D eigenvalue weighted by atomic mass is 9.75. The van der Waals surface area contributed by atoms with Gasteiger partial charge in [-0.05, 0) is 58.8 Å². The van der Waals surface area contributed by atoms with Crippen LogP contribution in [0.3, 0.4) is 0 Å². The van der Waals surface area contributed by atoms with E-state index >= 15 is 0 Å². The average molecular weight is 317 g/mol. The first kappa shape index (κ1) is 13.2. The highest BCUT2D eigenvalue weighted by Gasteiger charge is 2.27. The Kier molecular flexibility index (Phi) is 4.04. The van der Waals surface area contributed by atoms with Gasteiger partial charge in [0, 0.05) is 16.2 Å². The van der Waals surface area contributed by atoms with E-state index in [0.717, 1.165) is 15.2 Å². The van der Waals surface area contributed by atoms with Crippen LogP contribution in [-0.2, 0) is 0 Å². The predicted molar refractivity (Wildman–Crippen MR) is 78.8 cm³/mol. The van der Waals surface area contributed by atoms with Gasteiger partial charge in [-0.1, -0.05) is 31.9 Å². The van der Waals surface area contributed by atoms with Crippen molar-refractivity contribution in [3.63, 3.8) is 0 Å². The SMILES string of the molecule is CC1(C)CCCC(Nc2ccc(Cl)c(Br)c2)C1. The van der Waals surface area contributed by atoms with Crippen molar-refractivity contribution in [2.45, 2.75) is 45.6 Å². The van der Waals surface area contributed by atoms with Crippen LogP contribution >= 0.6 is 27.5 Å². The lowest BCUT2D eigenvalue weighted by Crippen LogP contribution is -2.31. The first-order valence-electron chi connectivity index (χ1n) is 6.18. The molecule has 1 aliphatic carbocycles. The zero-order chi connectivity index (χ0) is 12.5. The van der Waals surface area contributed by atoms with Gasteiger partial charge < -0.3 is 5.32 Å². The Morgan fingerprint density at radius 3 is 2.82 bits per heavy atom. The molecule has 1 nitrogen and oxygen atoms in total. The molecule has 94 valence electrons. The van der Waals surface area contributed by atoms with Gasteiger partial charge in [-0.25, -0.2) is 0 Å². The molecule has 0 bridgehead atoms. The van der Waals surface area contributed by atoms with E-state index in [1.54, 1.807) is 0 Å². The molecule has 0 heterocycles. The Bertz CT molecular complexity index is 403. The summed E-state index contributed by atoms with van der Waals surface area (Å²) in [5.41, 5.74) is 1.63. The Morgan fingerprint density at radius 2 is 2.18 bits per heavy atom. The number of halogens is 2. The molecule has 1 atom stereocenters. The molecule has 0 aliphatic heterocycles. The molecule has 1 aromatic carbocycles. The molecule has 0 spiro atoms. The zero-order valence-electron chi connectivity index (χ0n) is 10.4. The maximum Gasteiger partial charge on any atom is 0.0549 e. The van der Waals surface area contributed by atoms with Gasteiger partial charge in [0.05, 0.1) is 5.02 Å². The summed E-state index contributed by atoms with van der Waals surface area (Å²) in [4.78, 5) is 0. The van der Waals surface area contributed by atoms with E-state index in [1.807, 2.05) is 6.07 Å². The summed E-state index contributed by atoms with van der Waals surface area (Å²) >= 11 is 9.46. The maximum absolute atomic E-state index is 5.99. The molecule has 3 heteroatoms. The second-order valence-electron chi connectivity index (χ2n) is 5.73. The number of nitrogens with one attached hydrogen (secondary N) is 1. The number of hydrogen-bond acceptors (Lipinski definition) is 1. The van der Waals surface area contributed by atoms with Crippen LogP contribution in [0.25, 0.3) is 0 Å². The van der Waals surface area contributed by atoms with E-state index in [1.165, 1.54) is 25.7 Å². The van der Waals surface area contributed by atoms with Gasteiger partial charge in [0.15, 0.2) is 0 Å². The molecule has 0 radical (unpaired) electrons. The minimum absolute atomic E-state index is 0.472. The lowest BCUT2D eigenvalue weighted by Gasteiger charge is -2.36. The lowest BCUT2D eigenvalue weighted by molar-refractivity contribution is 0.229. The van der Waals surface area contributed by atoms with Crippen molar-refractivity contribution in [1.82, 2.24) is 0 Å². The van der Waals surface area contributed by atoms with Gasteiger partial charge in [-0.2, -0.15) is 0 Å². The zero-order valence-corrected chi connectivity index (χ0v) is 12.7. The minimum Gasteiger partial charge on any atom is -0.382 e. The van der Waals surface area contributed by atoms with E-state index in [-0.39, 0.29) is 0 Å². The van der Waals surface area contributed by atoms with Crippen molar-refractivity contribution in [3.8, 4) is 0 Å². The summed E-state index contributed by atoms with van der Waals surface area (Å²) in [5.74, 6) is 0. The molecule has 1 fully saturated rings. The van der Waals surface area contributed by atoms with Crippen LogP contribution in [0.5, 0.6) is 0 Å². The highest BCUT2D eigenvalue weighted by molar-refractivity contribution is 9.10. The van der Waals surface area contributed by atoms with Gasteiger partial charge in [0.2, 0.25) is 0 Å². The second kappa shape index (κ2) is 5.19. The molecule has 1 unspecified atom stereocenters. The third kappa shape index (κ3) is 3.62. The van der Waals surface area contributed by atoms with Crippen LogP contribution in [0.15, 0.2) is 22.7 Å². The fourth-order valence-electron chi connectivity index (χ4n) is 2.64. The van der Waals surface area contributed by atoms with Gasteiger partial charge in [-0.3, -0.25) is 0 Å². The van der Waals surface area contributed by atoms with Crippen LogP contribution in [0, 0.1) is 5.41 Å². The van der Waals surface area contributed by atoms with Crippen LogP contribution < -0.4 is 5.32 Å². The van der Waals surface area contributed by atoms with Crippen molar-refractivity contribution in [2.75, 3.05) is 5.32 Å². The fraction of sp³-hybridized carbons (Fsp3) is 0.571. The Hall–Kier alpha value is -0.210. The first-order chi connectivity index (χ1) is 7.96. The molecule has 1 aliphatic rings. The standard InChI is InChI=1S/C14H19BrClN/c1-14(2)7-3-4-11(9-14)17-10-5-6-13(16)12(15)8-10/h5-6,8,11,17H,3-4,7,9H2,1-2H3. The molecule has 1 N–H and O–H groups in total. The Morgan fingerprint density at radius 1 is 1.41 bits per heavy atom. The highest BCUT2D eigenvalue weighted by Crippen LogP contribution is 2.36. The normalized spacial score (nSPS) is 23.4. The topological polar surface area (TPSA) is 12.0 Å². The predicted octanol–water partition coefficient (Wildman–Crippen LogP) is 5.48. The molecule has 0 aromatic heterocycles. The summed E-state index contributed by atoms with van der Waals surface area (Å²) in [6, 6.07) is 6.63. The smallest absolute Gasteiger partial charge is 0.0549 e. The number of rotatable bonds is 2. The Labute approximate surface area is 117 Å². The average Bonchev–Trinajstić information content (AvgIpc) is 2.22. The summed E-state index contributed by atoms with van der Waals surface area (Å²) in [6.07, 6.45) is 5.17. The summed E-state index contributed by atoms with van der Waals surface area (Å²) in [5, 5.41) is 4.38. The first-order valence-corrected chi connectivity index (χ1v) is 7.35. The van der Waals surface area contributed by atoms with Gasteiger partial charge in [-0.15, -0.1) is 0 Å².